The van der Waals surface area contributed by atoms with Gasteiger partial charge in [0.2, 0.25) is 5.95 Å². The summed E-state index contributed by atoms with van der Waals surface area (Å²) in [7, 11) is 0. The number of hydrogen-bond donors (Lipinski definition) is 2. The van der Waals surface area contributed by atoms with Crippen LogP contribution in [0.25, 0.3) is 0 Å². The molecule has 0 aliphatic heterocycles. The molecule has 1 heterocycles. The van der Waals surface area contributed by atoms with Gasteiger partial charge in [0.1, 0.15) is 5.82 Å². The van der Waals surface area contributed by atoms with Crippen molar-refractivity contribution in [2.24, 2.45) is 5.41 Å². The number of nitrogens with zero attached hydrogens (tertiary/aromatic N) is 2. The van der Waals surface area contributed by atoms with E-state index in [1.54, 1.807) is 6.20 Å². The standard InChI is InChI=1S/C13H22N4/c1-9-8-15-12(14)17-11(9)16-10-6-4-5-7-13(10,2)3/h8,10H,4-7H2,1-3H3,(H3,14,15,16,17). The van der Waals surface area contributed by atoms with E-state index in [-0.39, 0.29) is 0 Å². The Kier molecular flexibility index (Phi) is 3.22. The van der Waals surface area contributed by atoms with Gasteiger partial charge in [0.05, 0.1) is 0 Å². The average Bonchev–Trinajstić information content (AvgIpc) is 2.26. The number of hydrogen-bond acceptors (Lipinski definition) is 4. The van der Waals surface area contributed by atoms with E-state index < -0.39 is 0 Å². The van der Waals surface area contributed by atoms with Crippen LogP contribution in [0, 0.1) is 12.3 Å². The van der Waals surface area contributed by atoms with Crippen molar-refractivity contribution in [2.45, 2.75) is 52.5 Å². The van der Waals surface area contributed by atoms with Gasteiger partial charge < -0.3 is 11.1 Å². The van der Waals surface area contributed by atoms with Crippen molar-refractivity contribution in [2.75, 3.05) is 11.1 Å². The third kappa shape index (κ3) is 2.68. The van der Waals surface area contributed by atoms with Crippen LogP contribution in [0.5, 0.6) is 0 Å². The fourth-order valence-corrected chi connectivity index (χ4v) is 2.53. The van der Waals surface area contributed by atoms with Crippen LogP contribution in [0.1, 0.15) is 45.1 Å². The minimum absolute atomic E-state index is 0.324. The van der Waals surface area contributed by atoms with Gasteiger partial charge in [-0.2, -0.15) is 4.98 Å². The quantitative estimate of drug-likeness (QED) is 0.826. The van der Waals surface area contributed by atoms with Gasteiger partial charge in [-0.05, 0) is 25.2 Å². The molecule has 1 saturated carbocycles. The minimum atomic E-state index is 0.324. The molecule has 94 valence electrons. The second-order valence-corrected chi connectivity index (χ2v) is 5.69. The van der Waals surface area contributed by atoms with Crippen LogP contribution in [-0.4, -0.2) is 16.0 Å². The summed E-state index contributed by atoms with van der Waals surface area (Å²) in [4.78, 5) is 8.28. The predicted octanol–water partition coefficient (Wildman–Crippen LogP) is 2.75. The Bertz CT molecular complexity index is 400. The molecular weight excluding hydrogens is 212 g/mol. The fraction of sp³-hybridized carbons (Fsp3) is 0.692. The van der Waals surface area contributed by atoms with E-state index in [1.165, 1.54) is 25.7 Å². The fourth-order valence-electron chi connectivity index (χ4n) is 2.53. The summed E-state index contributed by atoms with van der Waals surface area (Å²) >= 11 is 0. The second kappa shape index (κ2) is 4.51. The lowest BCUT2D eigenvalue weighted by Gasteiger charge is -2.39. The molecule has 4 heteroatoms. The zero-order valence-electron chi connectivity index (χ0n) is 11.0. The molecule has 1 aliphatic carbocycles. The molecule has 1 unspecified atom stereocenters. The van der Waals surface area contributed by atoms with Crippen molar-refractivity contribution in [3.05, 3.63) is 11.8 Å². The number of aromatic nitrogens is 2. The van der Waals surface area contributed by atoms with Gasteiger partial charge in [0.25, 0.3) is 0 Å². The lowest BCUT2D eigenvalue weighted by Crippen LogP contribution is -2.39. The number of nitrogens with two attached hydrogens (primary N) is 1. The van der Waals surface area contributed by atoms with E-state index in [4.69, 9.17) is 5.73 Å². The minimum Gasteiger partial charge on any atom is -0.368 e. The molecule has 1 atom stereocenters. The summed E-state index contributed by atoms with van der Waals surface area (Å²) < 4.78 is 0. The topological polar surface area (TPSA) is 63.8 Å². The van der Waals surface area contributed by atoms with E-state index in [0.29, 0.717) is 17.4 Å². The lowest BCUT2D eigenvalue weighted by molar-refractivity contribution is 0.216. The van der Waals surface area contributed by atoms with E-state index in [2.05, 4.69) is 29.1 Å². The number of nitrogens with one attached hydrogen (secondary N) is 1. The van der Waals surface area contributed by atoms with Crippen LogP contribution < -0.4 is 11.1 Å². The van der Waals surface area contributed by atoms with Crippen LogP contribution in [0.4, 0.5) is 11.8 Å². The van der Waals surface area contributed by atoms with E-state index >= 15 is 0 Å². The smallest absolute Gasteiger partial charge is 0.221 e. The molecule has 4 nitrogen and oxygen atoms in total. The molecule has 0 bridgehead atoms. The van der Waals surface area contributed by atoms with Crippen LogP contribution in [-0.2, 0) is 0 Å². The summed E-state index contributed by atoms with van der Waals surface area (Å²) in [5.74, 6) is 1.23. The summed E-state index contributed by atoms with van der Waals surface area (Å²) in [6.07, 6.45) is 6.87. The largest absolute Gasteiger partial charge is 0.368 e. The third-order valence-electron chi connectivity index (χ3n) is 3.81. The highest BCUT2D eigenvalue weighted by molar-refractivity contribution is 5.46. The van der Waals surface area contributed by atoms with Crippen LogP contribution in [0.15, 0.2) is 6.20 Å². The summed E-state index contributed by atoms with van der Waals surface area (Å²) in [5.41, 5.74) is 7.02. The Hall–Kier alpha value is -1.32. The lowest BCUT2D eigenvalue weighted by atomic mass is 9.73. The first kappa shape index (κ1) is 12.1. The number of anilines is 2. The molecule has 0 saturated heterocycles. The van der Waals surface area contributed by atoms with Gasteiger partial charge in [-0.25, -0.2) is 4.98 Å². The van der Waals surface area contributed by atoms with Crippen molar-refractivity contribution < 1.29 is 0 Å². The number of aryl methyl sites for hydroxylation is 1. The van der Waals surface area contributed by atoms with E-state index in [9.17, 15) is 0 Å². The molecule has 0 radical (unpaired) electrons. The number of nitrogen functional groups attached to an aromatic ring is 1. The molecule has 17 heavy (non-hydrogen) atoms. The maximum absolute atomic E-state index is 5.64. The van der Waals surface area contributed by atoms with Gasteiger partial charge in [-0.1, -0.05) is 26.7 Å². The van der Waals surface area contributed by atoms with Gasteiger partial charge >= 0.3 is 0 Å². The SMILES string of the molecule is Cc1cnc(N)nc1NC1CCCCC1(C)C. The van der Waals surface area contributed by atoms with Gasteiger partial charge in [0, 0.05) is 17.8 Å². The predicted molar refractivity (Wildman–Crippen MR) is 70.8 cm³/mol. The van der Waals surface area contributed by atoms with E-state index in [0.717, 1.165) is 11.4 Å². The van der Waals surface area contributed by atoms with Crippen molar-refractivity contribution in [3.8, 4) is 0 Å². The van der Waals surface area contributed by atoms with E-state index in [1.807, 2.05) is 6.92 Å². The Morgan fingerprint density at radius 2 is 2.18 bits per heavy atom. The van der Waals surface area contributed by atoms with Gasteiger partial charge in [-0.3, -0.25) is 0 Å². The maximum Gasteiger partial charge on any atom is 0.221 e. The first-order valence-electron chi connectivity index (χ1n) is 6.35. The highest BCUT2D eigenvalue weighted by Gasteiger charge is 2.32. The van der Waals surface area contributed by atoms with Crippen molar-refractivity contribution in [3.63, 3.8) is 0 Å². The van der Waals surface area contributed by atoms with Crippen molar-refractivity contribution in [1.82, 2.24) is 9.97 Å². The number of rotatable bonds is 2. The molecule has 3 N–H and O–H groups in total. The molecule has 1 aliphatic rings. The zero-order chi connectivity index (χ0) is 12.5. The Morgan fingerprint density at radius 3 is 2.88 bits per heavy atom. The zero-order valence-corrected chi connectivity index (χ0v) is 11.0. The first-order valence-corrected chi connectivity index (χ1v) is 6.35. The summed E-state index contributed by atoms with van der Waals surface area (Å²) in [6.45, 7) is 6.66. The van der Waals surface area contributed by atoms with Crippen LogP contribution in [0.2, 0.25) is 0 Å². The molecule has 2 rings (SSSR count). The van der Waals surface area contributed by atoms with Crippen LogP contribution in [0.3, 0.4) is 0 Å². The molecule has 1 aromatic heterocycles. The molecular formula is C13H22N4. The average molecular weight is 234 g/mol. The second-order valence-electron chi connectivity index (χ2n) is 5.69. The Balaban J connectivity index is 2.16. The van der Waals surface area contributed by atoms with Gasteiger partial charge in [-0.15, -0.1) is 0 Å². The Morgan fingerprint density at radius 1 is 1.41 bits per heavy atom. The van der Waals surface area contributed by atoms with Crippen molar-refractivity contribution in [1.29, 1.82) is 0 Å². The molecule has 0 amide bonds. The molecule has 0 spiro atoms. The summed E-state index contributed by atoms with van der Waals surface area (Å²) in [5, 5.41) is 3.55. The maximum atomic E-state index is 5.64. The third-order valence-corrected chi connectivity index (χ3v) is 3.81. The monoisotopic (exact) mass is 234 g/mol. The van der Waals surface area contributed by atoms with Crippen LogP contribution >= 0.6 is 0 Å². The normalized spacial score (nSPS) is 23.4. The molecule has 1 fully saturated rings. The summed E-state index contributed by atoms with van der Waals surface area (Å²) in [6, 6.07) is 0.476. The highest BCUT2D eigenvalue weighted by Crippen LogP contribution is 2.37. The highest BCUT2D eigenvalue weighted by atomic mass is 15.1. The Labute approximate surface area is 103 Å². The van der Waals surface area contributed by atoms with Crippen molar-refractivity contribution >= 4 is 11.8 Å². The van der Waals surface area contributed by atoms with Gasteiger partial charge in [0.15, 0.2) is 0 Å². The molecule has 1 aromatic rings. The molecule has 0 aromatic carbocycles. The first-order chi connectivity index (χ1) is 7.99.